The second-order valence-corrected chi connectivity index (χ2v) is 24.3. The Kier molecular flexibility index (Phi) is 18.3. The molecule has 4 aromatic heterocycles. The molecular weight excluding hydrogens is 1080 g/mol. The number of nitrogens with one attached hydrogen (secondary N) is 5. The lowest BCUT2D eigenvalue weighted by atomic mass is 10.0. The number of urea groups is 1. The summed E-state index contributed by atoms with van der Waals surface area (Å²) in [7, 11) is 0. The maximum atomic E-state index is 16.7. The second-order valence-electron chi connectivity index (χ2n) is 18.6. The number of rotatable bonds is 16. The number of fused-ring (bicyclic) bond motifs is 4. The van der Waals surface area contributed by atoms with Crippen molar-refractivity contribution in [1.82, 2.24) is 60.3 Å². The van der Waals surface area contributed by atoms with Crippen LogP contribution in [0.4, 0.5) is 30.0 Å². The van der Waals surface area contributed by atoms with Gasteiger partial charge in [0.1, 0.15) is 60.3 Å². The molecule has 12 atom stereocenters. The number of nitrogens with zero attached hydrogens (tertiary/aromatic N) is 8. The number of nitrogens with two attached hydrogens (primary N) is 2. The van der Waals surface area contributed by atoms with Crippen LogP contribution in [0.1, 0.15) is 72.8 Å². The van der Waals surface area contributed by atoms with E-state index in [-0.39, 0.29) is 72.7 Å². The summed E-state index contributed by atoms with van der Waals surface area (Å²) >= 11 is 9.29. The highest BCUT2D eigenvalue weighted by atomic mass is 32.7. The highest BCUT2D eigenvalue weighted by molar-refractivity contribution is 8.44. The molecule has 3 saturated heterocycles. The van der Waals surface area contributed by atoms with E-state index < -0.39 is 129 Å². The molecule has 7 rings (SSSR count). The zero-order valence-corrected chi connectivity index (χ0v) is 44.3. The van der Waals surface area contributed by atoms with Gasteiger partial charge in [-0.3, -0.25) is 37.1 Å². The summed E-state index contributed by atoms with van der Waals surface area (Å²) in [4.78, 5) is 99.5. The average molecular weight is 1140 g/mol. The smallest absolute Gasteiger partial charge is 0.408 e. The van der Waals surface area contributed by atoms with E-state index in [9.17, 15) is 33.4 Å². The molecule has 4 aromatic rings. The summed E-state index contributed by atoms with van der Waals surface area (Å²) in [6.45, 7) is -1.92. The Morgan fingerprint density at radius 2 is 1.45 bits per heavy atom. The zero-order valence-electron chi connectivity index (χ0n) is 40.8. The summed E-state index contributed by atoms with van der Waals surface area (Å²) in [5.41, 5.74) is 10.4. The van der Waals surface area contributed by atoms with E-state index in [1.165, 1.54) is 10.9 Å². The quantitative estimate of drug-likeness (QED) is 0.0441. The standard InChI is InChI=1S/C40H57F2N15O14P2S2/c1-18(2)25(55-39(62)69-40(3,4)5)35(60)53-19(8-6-11-46-38(44)61)34(59)45-10-7-9-22(58)54-31-27-33(50-15-48-31)57(17-52-27)37-24(42)29-21(68-37)13-66-72(63,74)70-28-20(12-65-73(64,75)71-29)67-36(23(28)41)56-16-51-26-30(43)47-14-49-32(26)56/h14-21,23-25,28-29,36-37H,6-13H2,1-5H3,(H,45,59)(H,53,60)(H,55,62)(H,63,74)(H,64,75)(H2,43,47,49)(H3,44,46,61)(H,48,50,54,58)/t19-,20+,21+,23+,24+,25-,28?,29?,36+,37+,72?,73?/m0/s1. The Morgan fingerprint density at radius 1 is 0.867 bits per heavy atom. The lowest BCUT2D eigenvalue weighted by Gasteiger charge is -2.29. The number of anilines is 2. The van der Waals surface area contributed by atoms with Crippen LogP contribution in [-0.2, 0) is 63.1 Å². The largest absolute Gasteiger partial charge is 0.444 e. The Labute approximate surface area is 436 Å². The van der Waals surface area contributed by atoms with E-state index in [1.807, 2.05) is 0 Å². The van der Waals surface area contributed by atoms with Crippen molar-refractivity contribution in [2.24, 2.45) is 11.7 Å². The van der Waals surface area contributed by atoms with E-state index >= 15 is 8.78 Å². The molecule has 4 unspecified atom stereocenters. The summed E-state index contributed by atoms with van der Waals surface area (Å²) in [5, 5.41) is 12.9. The number of imidazole rings is 2. The minimum Gasteiger partial charge on any atom is -0.444 e. The zero-order chi connectivity index (χ0) is 54.6. The molecule has 0 aliphatic carbocycles. The van der Waals surface area contributed by atoms with Gasteiger partial charge in [-0.2, -0.15) is 0 Å². The number of amides is 6. The predicted octanol–water partition coefficient (Wildman–Crippen LogP) is 2.11. The van der Waals surface area contributed by atoms with Crippen molar-refractivity contribution in [2.45, 2.75) is 127 Å². The van der Waals surface area contributed by atoms with Crippen molar-refractivity contribution in [3.05, 3.63) is 25.3 Å². The van der Waals surface area contributed by atoms with Gasteiger partial charge in [-0.25, -0.2) is 52.8 Å². The van der Waals surface area contributed by atoms with Crippen LogP contribution >= 0.6 is 25.8 Å². The Balaban J connectivity index is 0.965. The number of hydrogen-bond acceptors (Lipinski definition) is 21. The molecule has 0 spiro atoms. The SMILES string of the molecule is CC(C)[C@H](NC(=O)OC(C)(C)C)C(=O)N[C@@H](CCCNC(N)=O)C(=O)NCCCC(=O)Nc1ncnc2c1ncn2[C@@H]1O[C@@H]2COP(O)(=S)OC3[C@@H](F)[C@H](n4cnc5c(N)ncnc54)O[C@@H]3COP(=O)(S)OC2[C@H]1F. The third kappa shape index (κ3) is 14.4. The lowest BCUT2D eigenvalue weighted by molar-refractivity contribution is -0.130. The number of hydrogen-bond donors (Lipinski definition) is 9. The number of alkyl carbamates (subject to hydrolysis) is 1. The first kappa shape index (κ1) is 57.4. The first-order valence-corrected chi connectivity index (χ1v) is 28.5. The summed E-state index contributed by atoms with van der Waals surface area (Å²) in [6.07, 6.45) is -9.75. The number of halogens is 2. The molecule has 6 amide bonds. The van der Waals surface area contributed by atoms with Crippen molar-refractivity contribution < 1.29 is 74.5 Å². The third-order valence-electron chi connectivity index (χ3n) is 11.5. The maximum Gasteiger partial charge on any atom is 0.408 e. The molecule has 3 aliphatic rings. The van der Waals surface area contributed by atoms with Gasteiger partial charge in [-0.15, -0.1) is 0 Å². The Morgan fingerprint density at radius 3 is 2.08 bits per heavy atom. The number of thiol groups is 1. The molecule has 75 heavy (non-hydrogen) atoms. The molecule has 0 radical (unpaired) electrons. The van der Waals surface area contributed by atoms with Crippen molar-refractivity contribution in [3.63, 3.8) is 0 Å². The molecule has 10 N–H and O–H groups in total. The van der Waals surface area contributed by atoms with Crippen LogP contribution in [0.3, 0.4) is 0 Å². The Hall–Kier alpha value is -5.34. The number of nitrogen functional groups attached to an aromatic ring is 1. The second kappa shape index (κ2) is 23.9. The molecular formula is C40H57F2N15O14P2S2. The molecule has 3 fully saturated rings. The van der Waals surface area contributed by atoms with Gasteiger partial charge in [0.2, 0.25) is 17.7 Å². The predicted molar refractivity (Wildman–Crippen MR) is 265 cm³/mol. The van der Waals surface area contributed by atoms with Gasteiger partial charge in [-0.05, 0) is 57.8 Å². The van der Waals surface area contributed by atoms with Crippen molar-refractivity contribution in [3.8, 4) is 0 Å². The van der Waals surface area contributed by atoms with E-state index in [0.717, 1.165) is 23.5 Å². The van der Waals surface area contributed by atoms with Crippen LogP contribution in [0.5, 0.6) is 0 Å². The molecule has 0 aromatic carbocycles. The van der Waals surface area contributed by atoms with Crippen LogP contribution in [0, 0.1) is 5.92 Å². The third-order valence-corrected chi connectivity index (χ3v) is 14.7. The Bertz CT molecular complexity index is 2850. The number of alkyl halides is 2. The fraction of sp³-hybridized carbons (Fsp3) is 0.625. The number of ether oxygens (including phenoxy) is 3. The summed E-state index contributed by atoms with van der Waals surface area (Å²) in [5.74, 6) is -2.29. The van der Waals surface area contributed by atoms with Crippen LogP contribution in [0.15, 0.2) is 25.3 Å². The monoisotopic (exact) mass is 1140 g/mol. The van der Waals surface area contributed by atoms with Crippen molar-refractivity contribution in [2.75, 3.05) is 37.4 Å². The van der Waals surface area contributed by atoms with Gasteiger partial charge in [0.05, 0.1) is 25.9 Å². The van der Waals surface area contributed by atoms with Crippen LogP contribution in [0.25, 0.3) is 22.3 Å². The maximum absolute atomic E-state index is 16.7. The summed E-state index contributed by atoms with van der Waals surface area (Å²) in [6, 6.07) is -2.95. The number of carbonyl (C=O) groups excluding carboxylic acids is 5. The first-order valence-electron chi connectivity index (χ1n) is 23.2. The van der Waals surface area contributed by atoms with Gasteiger partial charge >= 0.3 is 25.6 Å². The minimum absolute atomic E-state index is 0.00373. The van der Waals surface area contributed by atoms with E-state index in [2.05, 4.69) is 68.7 Å². The molecule has 35 heteroatoms. The van der Waals surface area contributed by atoms with Gasteiger partial charge in [0, 0.05) is 19.5 Å². The van der Waals surface area contributed by atoms with Crippen LogP contribution < -0.4 is 38.1 Å². The fourth-order valence-electron chi connectivity index (χ4n) is 8.04. The molecule has 412 valence electrons. The van der Waals surface area contributed by atoms with Crippen molar-refractivity contribution in [1.29, 1.82) is 0 Å². The topological polar surface area (TPSA) is 387 Å². The number of primary amides is 1. The van der Waals surface area contributed by atoms with Gasteiger partial charge < -0.3 is 61.7 Å². The van der Waals surface area contributed by atoms with Gasteiger partial charge in [0.15, 0.2) is 53.2 Å². The number of aromatic nitrogens is 8. The van der Waals surface area contributed by atoms with Crippen LogP contribution in [-0.4, -0.2) is 155 Å². The molecule has 0 bridgehead atoms. The number of carbonyl (C=O) groups is 5. The van der Waals surface area contributed by atoms with Gasteiger partial charge in [0.25, 0.3) is 0 Å². The van der Waals surface area contributed by atoms with Gasteiger partial charge in [-0.1, -0.05) is 26.1 Å². The highest BCUT2D eigenvalue weighted by Crippen LogP contribution is 2.59. The normalized spacial score (nSPS) is 28.0. The van der Waals surface area contributed by atoms with Crippen LogP contribution in [0.2, 0.25) is 0 Å². The summed E-state index contributed by atoms with van der Waals surface area (Å²) < 4.78 is 88.5. The molecule has 29 nitrogen and oxygen atoms in total. The average Bonchev–Trinajstić information content (AvgIpc) is 4.10. The van der Waals surface area contributed by atoms with E-state index in [4.69, 9.17) is 55.6 Å². The minimum atomic E-state index is -4.55. The van der Waals surface area contributed by atoms with E-state index in [0.29, 0.717) is 0 Å². The molecule has 0 saturated carbocycles. The molecule has 3 aliphatic heterocycles. The fourth-order valence-corrected chi connectivity index (χ4v) is 11.0. The molecule has 7 heterocycles. The van der Waals surface area contributed by atoms with Crippen molar-refractivity contribution >= 4 is 101 Å². The van der Waals surface area contributed by atoms with E-state index in [1.54, 1.807) is 34.6 Å². The first-order chi connectivity index (χ1) is 35.3. The highest BCUT2D eigenvalue weighted by Gasteiger charge is 2.54. The lowest BCUT2D eigenvalue weighted by Crippen LogP contribution is -2.56.